The van der Waals surface area contributed by atoms with E-state index in [1.165, 1.54) is 18.2 Å². The molecule has 1 amide bonds. The first-order valence-corrected chi connectivity index (χ1v) is 6.11. The molecular weight excluding hydrogens is 262 g/mol. The van der Waals surface area contributed by atoms with E-state index in [1.54, 1.807) is 12.1 Å². The van der Waals surface area contributed by atoms with E-state index >= 15 is 0 Å². The zero-order chi connectivity index (χ0) is 14.8. The molecule has 1 aromatic carbocycles. The first kappa shape index (κ1) is 15.6. The first-order valence-electron chi connectivity index (χ1n) is 6.11. The summed E-state index contributed by atoms with van der Waals surface area (Å²) in [5.74, 6) is -0.386. The van der Waals surface area contributed by atoms with Crippen LogP contribution in [0, 0.1) is 0 Å². The van der Waals surface area contributed by atoms with Crippen LogP contribution in [0.2, 0.25) is 0 Å². The highest BCUT2D eigenvalue weighted by Crippen LogP contribution is 2.12. The zero-order valence-corrected chi connectivity index (χ0v) is 11.0. The van der Waals surface area contributed by atoms with Gasteiger partial charge in [0.05, 0.1) is 12.2 Å². The van der Waals surface area contributed by atoms with E-state index in [9.17, 15) is 9.59 Å². The number of carboxylic acid groups (broad SMARTS) is 1. The molecule has 0 aliphatic rings. The third-order valence-electron chi connectivity index (χ3n) is 2.29. The van der Waals surface area contributed by atoms with E-state index < -0.39 is 12.1 Å². The van der Waals surface area contributed by atoms with Gasteiger partial charge in [-0.3, -0.25) is 0 Å². The number of ether oxygens (including phenoxy) is 2. The third kappa shape index (κ3) is 5.90. The Bertz CT molecular complexity index is 455. The number of hydrogen-bond acceptors (Lipinski definition) is 4. The Morgan fingerprint density at radius 3 is 2.60 bits per heavy atom. The minimum atomic E-state index is -0.973. The van der Waals surface area contributed by atoms with Crippen LogP contribution < -0.4 is 10.1 Å². The van der Waals surface area contributed by atoms with E-state index in [0.29, 0.717) is 25.3 Å². The molecule has 0 aliphatic carbocycles. The number of hydrogen-bond donors (Lipinski definition) is 2. The van der Waals surface area contributed by atoms with Gasteiger partial charge in [0, 0.05) is 6.54 Å². The van der Waals surface area contributed by atoms with Crippen LogP contribution in [0.1, 0.15) is 16.8 Å². The number of alkyl carbamates (subject to hydrolysis) is 1. The summed E-state index contributed by atoms with van der Waals surface area (Å²) in [6, 6.07) is 6.13. The highest BCUT2D eigenvalue weighted by molar-refractivity contribution is 5.87. The van der Waals surface area contributed by atoms with E-state index in [1.807, 2.05) is 0 Å². The van der Waals surface area contributed by atoms with Crippen molar-refractivity contribution in [3.05, 3.63) is 42.5 Å². The quantitative estimate of drug-likeness (QED) is 0.562. The van der Waals surface area contributed by atoms with Gasteiger partial charge in [-0.2, -0.15) is 0 Å². The van der Waals surface area contributed by atoms with Crippen molar-refractivity contribution in [1.29, 1.82) is 0 Å². The number of amides is 1. The fourth-order valence-corrected chi connectivity index (χ4v) is 1.33. The molecule has 6 heteroatoms. The van der Waals surface area contributed by atoms with Crippen LogP contribution in [0.3, 0.4) is 0 Å². The van der Waals surface area contributed by atoms with Gasteiger partial charge in [0.15, 0.2) is 0 Å². The van der Waals surface area contributed by atoms with Crippen LogP contribution in [-0.2, 0) is 4.74 Å². The summed E-state index contributed by atoms with van der Waals surface area (Å²) in [5, 5.41) is 11.3. The molecule has 0 saturated carbocycles. The van der Waals surface area contributed by atoms with Crippen molar-refractivity contribution in [2.24, 2.45) is 0 Å². The van der Waals surface area contributed by atoms with Crippen LogP contribution in [0.25, 0.3) is 0 Å². The second-order valence-electron chi connectivity index (χ2n) is 3.85. The SMILES string of the molecule is C=CCOC(=O)NCCCOc1ccc(C(=O)O)cc1. The standard InChI is InChI=1S/C14H17NO5/c1-2-9-20-14(18)15-8-3-10-19-12-6-4-11(5-7-12)13(16)17/h2,4-7H,1,3,8-10H2,(H,15,18)(H,16,17). The molecule has 2 N–H and O–H groups in total. The molecule has 0 aliphatic heterocycles. The molecule has 0 unspecified atom stereocenters. The average Bonchev–Trinajstić information content (AvgIpc) is 2.45. The van der Waals surface area contributed by atoms with E-state index in [0.717, 1.165) is 0 Å². The van der Waals surface area contributed by atoms with Gasteiger partial charge in [0.1, 0.15) is 12.4 Å². The van der Waals surface area contributed by atoms with E-state index in [-0.39, 0.29) is 12.2 Å². The van der Waals surface area contributed by atoms with Gasteiger partial charge >= 0.3 is 12.1 Å². The molecule has 0 fully saturated rings. The molecule has 20 heavy (non-hydrogen) atoms. The number of rotatable bonds is 8. The molecule has 1 rings (SSSR count). The minimum absolute atomic E-state index is 0.179. The molecule has 0 bridgehead atoms. The smallest absolute Gasteiger partial charge is 0.407 e. The second-order valence-corrected chi connectivity index (χ2v) is 3.85. The van der Waals surface area contributed by atoms with Gasteiger partial charge in [0.2, 0.25) is 0 Å². The largest absolute Gasteiger partial charge is 0.494 e. The molecule has 0 atom stereocenters. The molecule has 0 spiro atoms. The summed E-state index contributed by atoms with van der Waals surface area (Å²) >= 11 is 0. The van der Waals surface area contributed by atoms with Gasteiger partial charge in [-0.25, -0.2) is 9.59 Å². The first-order chi connectivity index (χ1) is 9.63. The van der Waals surface area contributed by atoms with Crippen molar-refractivity contribution < 1.29 is 24.2 Å². The molecule has 0 aromatic heterocycles. The highest BCUT2D eigenvalue weighted by Gasteiger charge is 2.02. The van der Waals surface area contributed by atoms with Crippen molar-refractivity contribution in [1.82, 2.24) is 5.32 Å². The van der Waals surface area contributed by atoms with Crippen LogP contribution >= 0.6 is 0 Å². The summed E-state index contributed by atoms with van der Waals surface area (Å²) in [5.41, 5.74) is 0.212. The van der Waals surface area contributed by atoms with E-state index in [2.05, 4.69) is 11.9 Å². The third-order valence-corrected chi connectivity index (χ3v) is 2.29. The van der Waals surface area contributed by atoms with Crippen molar-refractivity contribution in [3.8, 4) is 5.75 Å². The van der Waals surface area contributed by atoms with Crippen molar-refractivity contribution >= 4 is 12.1 Å². The van der Waals surface area contributed by atoms with Crippen LogP contribution in [0.15, 0.2) is 36.9 Å². The normalized spacial score (nSPS) is 9.60. The number of carbonyl (C=O) groups is 2. The molecule has 6 nitrogen and oxygen atoms in total. The number of nitrogens with one attached hydrogen (secondary N) is 1. The Hall–Kier alpha value is -2.50. The van der Waals surface area contributed by atoms with Crippen molar-refractivity contribution in [3.63, 3.8) is 0 Å². The lowest BCUT2D eigenvalue weighted by Gasteiger charge is -2.07. The Morgan fingerprint density at radius 1 is 1.30 bits per heavy atom. The zero-order valence-electron chi connectivity index (χ0n) is 11.0. The van der Waals surface area contributed by atoms with Gasteiger partial charge < -0.3 is 19.9 Å². The monoisotopic (exact) mass is 279 g/mol. The minimum Gasteiger partial charge on any atom is -0.494 e. The van der Waals surface area contributed by atoms with Gasteiger partial charge in [0.25, 0.3) is 0 Å². The second kappa shape index (κ2) is 8.58. The number of carboxylic acids is 1. The number of benzene rings is 1. The topological polar surface area (TPSA) is 84.9 Å². The molecule has 0 heterocycles. The van der Waals surface area contributed by atoms with Gasteiger partial charge in [-0.05, 0) is 30.7 Å². The Morgan fingerprint density at radius 2 is 2.00 bits per heavy atom. The Balaban J connectivity index is 2.16. The van der Waals surface area contributed by atoms with Gasteiger partial charge in [-0.15, -0.1) is 0 Å². The fraction of sp³-hybridized carbons (Fsp3) is 0.286. The predicted octanol–water partition coefficient (Wildman–Crippen LogP) is 2.07. The molecule has 0 saturated heterocycles. The lowest BCUT2D eigenvalue weighted by molar-refractivity contribution is 0.0697. The summed E-state index contributed by atoms with van der Waals surface area (Å²) in [4.78, 5) is 21.7. The molecule has 0 radical (unpaired) electrons. The summed E-state index contributed by atoms with van der Waals surface area (Å²) in [6.45, 7) is 4.45. The highest BCUT2D eigenvalue weighted by atomic mass is 16.5. The fourth-order valence-electron chi connectivity index (χ4n) is 1.33. The Labute approximate surface area is 117 Å². The van der Waals surface area contributed by atoms with Crippen LogP contribution in [0.5, 0.6) is 5.75 Å². The molecule has 108 valence electrons. The molecule has 1 aromatic rings. The summed E-state index contributed by atoms with van der Waals surface area (Å²) < 4.78 is 10.1. The lowest BCUT2D eigenvalue weighted by Crippen LogP contribution is -2.26. The summed E-state index contributed by atoms with van der Waals surface area (Å²) in [7, 11) is 0. The van der Waals surface area contributed by atoms with Crippen LogP contribution in [0.4, 0.5) is 4.79 Å². The predicted molar refractivity (Wildman–Crippen MR) is 73.1 cm³/mol. The summed E-state index contributed by atoms with van der Waals surface area (Å²) in [6.07, 6.45) is 1.61. The van der Waals surface area contributed by atoms with Crippen molar-refractivity contribution in [2.75, 3.05) is 19.8 Å². The lowest BCUT2D eigenvalue weighted by atomic mass is 10.2. The average molecular weight is 279 g/mol. The number of aromatic carboxylic acids is 1. The van der Waals surface area contributed by atoms with E-state index in [4.69, 9.17) is 14.6 Å². The molecular formula is C14H17NO5. The van der Waals surface area contributed by atoms with Crippen molar-refractivity contribution in [2.45, 2.75) is 6.42 Å². The maximum Gasteiger partial charge on any atom is 0.407 e. The maximum atomic E-state index is 11.1. The van der Waals surface area contributed by atoms with Crippen LogP contribution in [-0.4, -0.2) is 36.9 Å². The maximum absolute atomic E-state index is 11.1. The Kier molecular flexibility index (Phi) is 6.67. The van der Waals surface area contributed by atoms with Gasteiger partial charge in [-0.1, -0.05) is 12.7 Å². The number of carbonyl (C=O) groups excluding carboxylic acids is 1.